The molecular formula is C24H32IN5. The normalized spacial score (nSPS) is 11.0. The van der Waals surface area contributed by atoms with Crippen LogP contribution >= 0.6 is 24.0 Å². The average Bonchev–Trinajstić information content (AvgIpc) is 3.19. The first-order chi connectivity index (χ1) is 14.3. The fraction of sp³-hybridized carbons (Fsp3) is 0.333. The molecular weight excluding hydrogens is 485 g/mol. The van der Waals surface area contributed by atoms with Gasteiger partial charge in [0.1, 0.15) is 5.82 Å². The van der Waals surface area contributed by atoms with Gasteiger partial charge in [-0.15, -0.1) is 24.0 Å². The zero-order chi connectivity index (χ0) is 20.2. The Morgan fingerprint density at radius 1 is 0.933 bits per heavy atom. The maximum atomic E-state index is 4.70. The first-order valence-corrected chi connectivity index (χ1v) is 10.4. The molecule has 160 valence electrons. The highest BCUT2D eigenvalue weighted by Gasteiger charge is 2.04. The van der Waals surface area contributed by atoms with Gasteiger partial charge in [0, 0.05) is 45.0 Å². The Labute approximate surface area is 197 Å². The highest BCUT2D eigenvalue weighted by atomic mass is 127. The first-order valence-electron chi connectivity index (χ1n) is 10.4. The van der Waals surface area contributed by atoms with Crippen LogP contribution in [0.2, 0.25) is 0 Å². The number of guanidine groups is 1. The van der Waals surface area contributed by atoms with E-state index < -0.39 is 0 Å². The molecule has 0 aliphatic carbocycles. The molecule has 2 aromatic carbocycles. The summed E-state index contributed by atoms with van der Waals surface area (Å²) in [5.41, 5.74) is 2.65. The van der Waals surface area contributed by atoms with Crippen molar-refractivity contribution in [1.82, 2.24) is 20.2 Å². The highest BCUT2D eigenvalue weighted by Crippen LogP contribution is 2.06. The maximum absolute atomic E-state index is 4.70. The van der Waals surface area contributed by atoms with Gasteiger partial charge in [-0.05, 0) is 30.9 Å². The molecule has 0 aliphatic rings. The smallest absolute Gasteiger partial charge is 0.191 e. The van der Waals surface area contributed by atoms with Crippen molar-refractivity contribution in [3.8, 4) is 0 Å². The second-order valence-corrected chi connectivity index (χ2v) is 6.98. The standard InChI is InChI=1S/C24H31N5.HI/c1-2-25-24(27-16-9-14-21-10-5-3-6-11-21)28-17-15-23-26-18-19-29(23)20-22-12-7-4-8-13-22;/h3-8,10-13,18-19H,2,9,14-17,20H2,1H3,(H2,25,27,28);1H. The van der Waals surface area contributed by atoms with Gasteiger partial charge in [0.2, 0.25) is 0 Å². The molecule has 0 amide bonds. The third-order valence-electron chi connectivity index (χ3n) is 4.72. The van der Waals surface area contributed by atoms with Gasteiger partial charge in [0.15, 0.2) is 5.96 Å². The van der Waals surface area contributed by atoms with Crippen LogP contribution < -0.4 is 10.6 Å². The van der Waals surface area contributed by atoms with Gasteiger partial charge in [0.25, 0.3) is 0 Å². The Hall–Kier alpha value is -2.35. The van der Waals surface area contributed by atoms with Gasteiger partial charge in [-0.2, -0.15) is 0 Å². The van der Waals surface area contributed by atoms with E-state index in [0.29, 0.717) is 0 Å². The summed E-state index contributed by atoms with van der Waals surface area (Å²) in [4.78, 5) is 9.23. The molecule has 30 heavy (non-hydrogen) atoms. The van der Waals surface area contributed by atoms with E-state index in [1.807, 2.05) is 18.5 Å². The Kier molecular flexibility index (Phi) is 11.0. The first kappa shape index (κ1) is 23.9. The number of hydrogen-bond acceptors (Lipinski definition) is 2. The van der Waals surface area contributed by atoms with Crippen molar-refractivity contribution in [1.29, 1.82) is 0 Å². The summed E-state index contributed by atoms with van der Waals surface area (Å²) in [6.45, 7) is 5.41. The van der Waals surface area contributed by atoms with E-state index in [1.54, 1.807) is 0 Å². The number of imidazole rings is 1. The Bertz CT molecular complexity index is 862. The van der Waals surface area contributed by atoms with E-state index >= 15 is 0 Å². The van der Waals surface area contributed by atoms with E-state index in [1.165, 1.54) is 11.1 Å². The molecule has 0 aliphatic heterocycles. The predicted octanol–water partition coefficient (Wildman–Crippen LogP) is 4.28. The van der Waals surface area contributed by atoms with Gasteiger partial charge in [-0.3, -0.25) is 4.99 Å². The van der Waals surface area contributed by atoms with E-state index in [4.69, 9.17) is 4.99 Å². The van der Waals surface area contributed by atoms with Gasteiger partial charge in [-0.1, -0.05) is 60.7 Å². The molecule has 3 aromatic rings. The van der Waals surface area contributed by atoms with E-state index in [-0.39, 0.29) is 24.0 Å². The van der Waals surface area contributed by atoms with Crippen LogP contribution in [0.15, 0.2) is 78.0 Å². The minimum atomic E-state index is 0. The molecule has 1 heterocycles. The van der Waals surface area contributed by atoms with Crippen LogP contribution in [0.25, 0.3) is 0 Å². The molecule has 1 aromatic heterocycles. The molecule has 0 spiro atoms. The zero-order valence-corrected chi connectivity index (χ0v) is 20.0. The SMILES string of the molecule is CCNC(=NCCCc1ccccc1)NCCc1nccn1Cc1ccccc1.I. The number of aryl methyl sites for hydroxylation is 1. The minimum absolute atomic E-state index is 0. The highest BCUT2D eigenvalue weighted by molar-refractivity contribution is 14.0. The van der Waals surface area contributed by atoms with E-state index in [2.05, 4.69) is 81.7 Å². The molecule has 6 heteroatoms. The van der Waals surface area contributed by atoms with Crippen LogP contribution in [0.3, 0.4) is 0 Å². The van der Waals surface area contributed by atoms with Crippen LogP contribution in [0.1, 0.15) is 30.3 Å². The lowest BCUT2D eigenvalue weighted by atomic mass is 10.1. The van der Waals surface area contributed by atoms with Gasteiger partial charge >= 0.3 is 0 Å². The maximum Gasteiger partial charge on any atom is 0.191 e. The number of nitrogens with zero attached hydrogens (tertiary/aromatic N) is 3. The minimum Gasteiger partial charge on any atom is -0.357 e. The molecule has 0 atom stereocenters. The lowest BCUT2D eigenvalue weighted by Gasteiger charge is -2.12. The van der Waals surface area contributed by atoms with Crippen LogP contribution in [-0.2, 0) is 19.4 Å². The molecule has 0 unspecified atom stereocenters. The fourth-order valence-electron chi connectivity index (χ4n) is 3.25. The second-order valence-electron chi connectivity index (χ2n) is 6.98. The van der Waals surface area contributed by atoms with Crippen molar-refractivity contribution in [3.63, 3.8) is 0 Å². The monoisotopic (exact) mass is 517 g/mol. The largest absolute Gasteiger partial charge is 0.357 e. The fourth-order valence-corrected chi connectivity index (χ4v) is 3.25. The van der Waals surface area contributed by atoms with Crippen molar-refractivity contribution in [2.24, 2.45) is 4.99 Å². The summed E-state index contributed by atoms with van der Waals surface area (Å²) in [5.74, 6) is 1.96. The average molecular weight is 517 g/mol. The third kappa shape index (κ3) is 8.18. The summed E-state index contributed by atoms with van der Waals surface area (Å²) < 4.78 is 2.21. The quantitative estimate of drug-likeness (QED) is 0.183. The number of hydrogen-bond donors (Lipinski definition) is 2. The molecule has 0 saturated carbocycles. The molecule has 0 saturated heterocycles. The van der Waals surface area contributed by atoms with Gasteiger partial charge < -0.3 is 15.2 Å². The topological polar surface area (TPSA) is 54.2 Å². The summed E-state index contributed by atoms with van der Waals surface area (Å²) in [5, 5.41) is 6.76. The van der Waals surface area contributed by atoms with Crippen LogP contribution in [0.4, 0.5) is 0 Å². The second kappa shape index (κ2) is 13.8. The van der Waals surface area contributed by atoms with Crippen LogP contribution in [0.5, 0.6) is 0 Å². The number of aromatic nitrogens is 2. The molecule has 0 bridgehead atoms. The number of benzene rings is 2. The van der Waals surface area contributed by atoms with Crippen molar-refractivity contribution in [3.05, 3.63) is 90.0 Å². The molecule has 2 N–H and O–H groups in total. The Morgan fingerprint density at radius 3 is 2.33 bits per heavy atom. The van der Waals surface area contributed by atoms with Gasteiger partial charge in [-0.25, -0.2) is 4.98 Å². The van der Waals surface area contributed by atoms with Crippen molar-refractivity contribution < 1.29 is 0 Å². The summed E-state index contributed by atoms with van der Waals surface area (Å²) in [6, 6.07) is 21.1. The molecule has 3 rings (SSSR count). The third-order valence-corrected chi connectivity index (χ3v) is 4.72. The van der Waals surface area contributed by atoms with E-state index in [9.17, 15) is 0 Å². The summed E-state index contributed by atoms with van der Waals surface area (Å²) in [7, 11) is 0. The lowest BCUT2D eigenvalue weighted by molar-refractivity contribution is 0.693. The van der Waals surface area contributed by atoms with Crippen molar-refractivity contribution in [2.45, 2.75) is 32.7 Å². The van der Waals surface area contributed by atoms with Crippen molar-refractivity contribution >= 4 is 29.9 Å². The van der Waals surface area contributed by atoms with Crippen LogP contribution in [0, 0.1) is 0 Å². The number of nitrogens with one attached hydrogen (secondary N) is 2. The lowest BCUT2D eigenvalue weighted by Crippen LogP contribution is -2.38. The molecule has 0 radical (unpaired) electrons. The number of rotatable bonds is 10. The van der Waals surface area contributed by atoms with Crippen molar-refractivity contribution in [2.75, 3.05) is 19.6 Å². The summed E-state index contributed by atoms with van der Waals surface area (Å²) >= 11 is 0. The Morgan fingerprint density at radius 2 is 1.63 bits per heavy atom. The molecule has 5 nitrogen and oxygen atoms in total. The predicted molar refractivity (Wildman–Crippen MR) is 136 cm³/mol. The van der Waals surface area contributed by atoms with Crippen LogP contribution in [-0.4, -0.2) is 35.1 Å². The van der Waals surface area contributed by atoms with Gasteiger partial charge in [0.05, 0.1) is 0 Å². The molecule has 0 fully saturated rings. The van der Waals surface area contributed by atoms with E-state index in [0.717, 1.165) is 57.2 Å². The zero-order valence-electron chi connectivity index (χ0n) is 17.6. The summed E-state index contributed by atoms with van der Waals surface area (Å²) in [6.07, 6.45) is 6.88. The number of aliphatic imine (C=N–C) groups is 1. The Balaban J connectivity index is 0.00000320. The number of halogens is 1.